The highest BCUT2D eigenvalue weighted by atomic mass is 32.2. The van der Waals surface area contributed by atoms with Crippen molar-refractivity contribution < 1.29 is 9.53 Å². The molecular formula is C12H17NO2S. The van der Waals surface area contributed by atoms with Crippen LogP contribution in [0.2, 0.25) is 0 Å². The first-order valence-corrected chi connectivity index (χ1v) is 6.12. The first-order chi connectivity index (χ1) is 7.54. The lowest BCUT2D eigenvalue weighted by Gasteiger charge is -2.12. The number of ether oxygens (including phenoxy) is 1. The Bertz CT molecular complexity index is 379. The van der Waals surface area contributed by atoms with Crippen LogP contribution in [0, 0.1) is 6.92 Å². The van der Waals surface area contributed by atoms with Crippen molar-refractivity contribution in [2.75, 3.05) is 12.3 Å². The number of benzene rings is 1. The fourth-order valence-electron chi connectivity index (χ4n) is 1.30. The van der Waals surface area contributed by atoms with E-state index in [2.05, 4.69) is 0 Å². The van der Waals surface area contributed by atoms with Crippen LogP contribution >= 0.6 is 11.8 Å². The summed E-state index contributed by atoms with van der Waals surface area (Å²) in [5.41, 5.74) is 7.49. The van der Waals surface area contributed by atoms with Gasteiger partial charge in [0.05, 0.1) is 6.61 Å². The molecule has 16 heavy (non-hydrogen) atoms. The van der Waals surface area contributed by atoms with Gasteiger partial charge < -0.3 is 10.5 Å². The van der Waals surface area contributed by atoms with Gasteiger partial charge in [-0.25, -0.2) is 0 Å². The molecule has 1 aromatic carbocycles. The van der Waals surface area contributed by atoms with E-state index in [1.165, 1.54) is 11.8 Å². The number of nitrogen functional groups attached to an aromatic ring is 1. The van der Waals surface area contributed by atoms with Crippen LogP contribution in [0.3, 0.4) is 0 Å². The molecular weight excluding hydrogens is 222 g/mol. The van der Waals surface area contributed by atoms with E-state index in [-0.39, 0.29) is 11.2 Å². The Morgan fingerprint density at radius 1 is 1.56 bits per heavy atom. The van der Waals surface area contributed by atoms with Crippen LogP contribution in [0.25, 0.3) is 0 Å². The molecule has 4 heteroatoms. The van der Waals surface area contributed by atoms with Gasteiger partial charge in [-0.1, -0.05) is 0 Å². The van der Waals surface area contributed by atoms with E-state index in [1.54, 1.807) is 0 Å². The van der Waals surface area contributed by atoms with Crippen molar-refractivity contribution in [3.63, 3.8) is 0 Å². The third-order valence-electron chi connectivity index (χ3n) is 2.12. The third kappa shape index (κ3) is 3.45. The number of carbonyl (C=O) groups excluding carboxylic acids is 1. The average Bonchev–Trinajstić information content (AvgIpc) is 2.22. The highest BCUT2D eigenvalue weighted by Crippen LogP contribution is 2.28. The number of thioether (sulfide) groups is 1. The molecule has 0 aliphatic rings. The summed E-state index contributed by atoms with van der Waals surface area (Å²) >= 11 is 1.50. The minimum atomic E-state index is -0.192. The quantitative estimate of drug-likeness (QED) is 0.498. The van der Waals surface area contributed by atoms with E-state index in [9.17, 15) is 4.79 Å². The van der Waals surface area contributed by atoms with Crippen LogP contribution in [0.15, 0.2) is 23.1 Å². The molecule has 0 heterocycles. The summed E-state index contributed by atoms with van der Waals surface area (Å²) in [6.45, 7) is 6.06. The van der Waals surface area contributed by atoms with E-state index < -0.39 is 0 Å². The van der Waals surface area contributed by atoms with Crippen LogP contribution < -0.4 is 5.73 Å². The van der Waals surface area contributed by atoms with Gasteiger partial charge in [0.25, 0.3) is 0 Å². The lowest BCUT2D eigenvalue weighted by atomic mass is 10.2. The van der Waals surface area contributed by atoms with E-state index in [0.29, 0.717) is 6.61 Å². The SMILES string of the molecule is CCOC(=O)C(C)Sc1ccc(N)cc1C. The predicted molar refractivity (Wildman–Crippen MR) is 67.5 cm³/mol. The smallest absolute Gasteiger partial charge is 0.319 e. The van der Waals surface area contributed by atoms with Crippen LogP contribution in [-0.4, -0.2) is 17.8 Å². The number of carbonyl (C=O) groups is 1. The van der Waals surface area contributed by atoms with Crippen molar-refractivity contribution in [1.29, 1.82) is 0 Å². The first kappa shape index (κ1) is 12.9. The molecule has 0 aromatic heterocycles. The van der Waals surface area contributed by atoms with Crippen LogP contribution in [0.1, 0.15) is 19.4 Å². The lowest BCUT2D eigenvalue weighted by molar-refractivity contribution is -0.142. The lowest BCUT2D eigenvalue weighted by Crippen LogP contribution is -2.16. The standard InChI is InChI=1S/C12H17NO2S/c1-4-15-12(14)9(3)16-11-6-5-10(13)7-8(11)2/h5-7,9H,4,13H2,1-3H3. The monoisotopic (exact) mass is 239 g/mol. The minimum absolute atomic E-state index is 0.177. The number of hydrogen-bond acceptors (Lipinski definition) is 4. The molecule has 3 nitrogen and oxygen atoms in total. The largest absolute Gasteiger partial charge is 0.465 e. The van der Waals surface area contributed by atoms with Gasteiger partial charge in [-0.2, -0.15) is 0 Å². The Morgan fingerprint density at radius 3 is 2.81 bits per heavy atom. The number of aryl methyl sites for hydroxylation is 1. The maximum Gasteiger partial charge on any atom is 0.319 e. The summed E-state index contributed by atoms with van der Waals surface area (Å²) in [6, 6.07) is 5.68. The Hall–Kier alpha value is -1.16. The number of nitrogens with two attached hydrogens (primary N) is 1. The normalized spacial score (nSPS) is 12.2. The van der Waals surface area contributed by atoms with E-state index in [4.69, 9.17) is 10.5 Å². The molecule has 0 spiro atoms. The molecule has 1 aromatic rings. The Labute approximate surface area is 100 Å². The molecule has 0 saturated carbocycles. The zero-order valence-corrected chi connectivity index (χ0v) is 10.6. The Balaban J connectivity index is 2.69. The molecule has 1 rings (SSSR count). The van der Waals surface area contributed by atoms with Crippen LogP contribution in [0.5, 0.6) is 0 Å². The molecule has 2 N–H and O–H groups in total. The molecule has 0 radical (unpaired) electrons. The number of esters is 1. The van der Waals surface area contributed by atoms with Gasteiger partial charge in [-0.3, -0.25) is 4.79 Å². The van der Waals surface area contributed by atoms with Gasteiger partial charge in [0.2, 0.25) is 0 Å². The van der Waals surface area contributed by atoms with Crippen molar-refractivity contribution >= 4 is 23.4 Å². The summed E-state index contributed by atoms with van der Waals surface area (Å²) in [6.07, 6.45) is 0. The van der Waals surface area contributed by atoms with Crippen LogP contribution in [0.4, 0.5) is 5.69 Å². The van der Waals surface area contributed by atoms with Gasteiger partial charge in [-0.15, -0.1) is 11.8 Å². The maximum absolute atomic E-state index is 11.5. The van der Waals surface area contributed by atoms with Crippen molar-refractivity contribution in [3.05, 3.63) is 23.8 Å². The molecule has 0 aliphatic heterocycles. The van der Waals surface area contributed by atoms with Crippen molar-refractivity contribution in [1.82, 2.24) is 0 Å². The van der Waals surface area contributed by atoms with Gasteiger partial charge in [0, 0.05) is 10.6 Å². The Morgan fingerprint density at radius 2 is 2.25 bits per heavy atom. The topological polar surface area (TPSA) is 52.3 Å². The molecule has 0 bridgehead atoms. The summed E-state index contributed by atoms with van der Waals surface area (Å²) in [7, 11) is 0. The second-order valence-corrected chi connectivity index (χ2v) is 4.92. The minimum Gasteiger partial charge on any atom is -0.465 e. The highest BCUT2D eigenvalue weighted by Gasteiger charge is 2.16. The number of rotatable bonds is 4. The summed E-state index contributed by atoms with van der Waals surface area (Å²) in [5.74, 6) is -0.177. The van der Waals surface area contributed by atoms with Gasteiger partial charge in [-0.05, 0) is 44.5 Å². The summed E-state index contributed by atoms with van der Waals surface area (Å²) in [4.78, 5) is 12.5. The van der Waals surface area contributed by atoms with E-state index in [1.807, 2.05) is 39.0 Å². The molecule has 0 saturated heterocycles. The molecule has 0 aliphatic carbocycles. The average molecular weight is 239 g/mol. The zero-order chi connectivity index (χ0) is 12.1. The number of hydrogen-bond donors (Lipinski definition) is 1. The first-order valence-electron chi connectivity index (χ1n) is 5.24. The molecule has 0 fully saturated rings. The molecule has 1 unspecified atom stereocenters. The van der Waals surface area contributed by atoms with E-state index in [0.717, 1.165) is 16.1 Å². The fraction of sp³-hybridized carbons (Fsp3) is 0.417. The second kappa shape index (κ2) is 5.80. The molecule has 1 atom stereocenters. The number of anilines is 1. The van der Waals surface area contributed by atoms with E-state index >= 15 is 0 Å². The highest BCUT2D eigenvalue weighted by molar-refractivity contribution is 8.00. The third-order valence-corrected chi connectivity index (χ3v) is 3.38. The second-order valence-electron chi connectivity index (χ2n) is 3.54. The van der Waals surface area contributed by atoms with Gasteiger partial charge >= 0.3 is 5.97 Å². The van der Waals surface area contributed by atoms with Crippen molar-refractivity contribution in [2.45, 2.75) is 30.9 Å². The maximum atomic E-state index is 11.5. The molecule has 0 amide bonds. The summed E-state index contributed by atoms with van der Waals surface area (Å²) < 4.78 is 4.96. The van der Waals surface area contributed by atoms with Gasteiger partial charge in [0.1, 0.15) is 5.25 Å². The fourth-order valence-corrected chi connectivity index (χ4v) is 2.24. The van der Waals surface area contributed by atoms with Crippen LogP contribution in [-0.2, 0) is 9.53 Å². The van der Waals surface area contributed by atoms with Crippen molar-refractivity contribution in [3.8, 4) is 0 Å². The van der Waals surface area contributed by atoms with Gasteiger partial charge in [0.15, 0.2) is 0 Å². The summed E-state index contributed by atoms with van der Waals surface area (Å²) in [5, 5.41) is -0.192. The zero-order valence-electron chi connectivity index (χ0n) is 9.82. The Kier molecular flexibility index (Phi) is 4.68. The predicted octanol–water partition coefficient (Wildman–Crippen LogP) is 2.62. The van der Waals surface area contributed by atoms with Crippen molar-refractivity contribution in [2.24, 2.45) is 0 Å². The molecule has 88 valence electrons.